The standard InChI is InChI=1S/C18H24N4O/c1-14-5-6-16(11-20-14)10-17-4-3-8-22(12-17)18(23)13-21-9-7-19-15(21)2/h5-7,9,11,17H,3-4,8,10,12-13H2,1-2H3. The Balaban J connectivity index is 1.58. The van der Waals surface area contributed by atoms with Gasteiger partial charge in [0.05, 0.1) is 0 Å². The second-order valence-electron chi connectivity index (χ2n) is 6.46. The zero-order chi connectivity index (χ0) is 16.2. The smallest absolute Gasteiger partial charge is 0.242 e. The van der Waals surface area contributed by atoms with Gasteiger partial charge in [0.25, 0.3) is 0 Å². The Morgan fingerprint density at radius 2 is 2.17 bits per heavy atom. The molecule has 122 valence electrons. The molecule has 0 saturated carbocycles. The van der Waals surface area contributed by atoms with Crippen LogP contribution in [0.3, 0.4) is 0 Å². The van der Waals surface area contributed by atoms with Gasteiger partial charge in [-0.3, -0.25) is 9.78 Å². The second kappa shape index (κ2) is 6.94. The molecule has 0 N–H and O–H groups in total. The van der Waals surface area contributed by atoms with E-state index in [9.17, 15) is 4.79 Å². The molecule has 2 aromatic rings. The zero-order valence-electron chi connectivity index (χ0n) is 13.9. The van der Waals surface area contributed by atoms with Crippen LogP contribution in [0.5, 0.6) is 0 Å². The van der Waals surface area contributed by atoms with Gasteiger partial charge in [-0.25, -0.2) is 4.98 Å². The highest BCUT2D eigenvalue weighted by Crippen LogP contribution is 2.21. The van der Waals surface area contributed by atoms with Gasteiger partial charge in [-0.05, 0) is 50.7 Å². The lowest BCUT2D eigenvalue weighted by molar-refractivity contribution is -0.133. The largest absolute Gasteiger partial charge is 0.341 e. The number of likely N-dealkylation sites (tertiary alicyclic amines) is 1. The highest BCUT2D eigenvalue weighted by molar-refractivity contribution is 5.76. The number of pyridine rings is 1. The molecule has 1 unspecified atom stereocenters. The van der Waals surface area contributed by atoms with Crippen molar-refractivity contribution in [3.8, 4) is 0 Å². The third kappa shape index (κ3) is 3.97. The number of nitrogens with zero attached hydrogens (tertiary/aromatic N) is 4. The van der Waals surface area contributed by atoms with E-state index in [2.05, 4.69) is 22.1 Å². The van der Waals surface area contributed by atoms with Crippen molar-refractivity contribution in [2.75, 3.05) is 13.1 Å². The zero-order valence-corrected chi connectivity index (χ0v) is 13.9. The Kier molecular flexibility index (Phi) is 4.74. The molecule has 0 aliphatic carbocycles. The molecule has 3 rings (SSSR count). The lowest BCUT2D eigenvalue weighted by atomic mass is 9.92. The van der Waals surface area contributed by atoms with Gasteiger partial charge in [0.2, 0.25) is 5.91 Å². The van der Waals surface area contributed by atoms with Crippen molar-refractivity contribution in [1.82, 2.24) is 19.4 Å². The summed E-state index contributed by atoms with van der Waals surface area (Å²) < 4.78 is 1.91. The molecular formula is C18H24N4O. The van der Waals surface area contributed by atoms with Gasteiger partial charge in [-0.15, -0.1) is 0 Å². The van der Waals surface area contributed by atoms with E-state index in [1.165, 1.54) is 12.0 Å². The summed E-state index contributed by atoms with van der Waals surface area (Å²) in [6.07, 6.45) is 8.84. The molecule has 0 bridgehead atoms. The number of carbonyl (C=O) groups excluding carboxylic acids is 1. The fourth-order valence-electron chi connectivity index (χ4n) is 3.23. The van der Waals surface area contributed by atoms with Crippen molar-refractivity contribution in [3.05, 3.63) is 47.8 Å². The van der Waals surface area contributed by atoms with Crippen LogP contribution in [-0.4, -0.2) is 38.4 Å². The third-order valence-electron chi connectivity index (χ3n) is 4.60. The summed E-state index contributed by atoms with van der Waals surface area (Å²) in [5.41, 5.74) is 2.31. The van der Waals surface area contributed by atoms with Crippen molar-refractivity contribution < 1.29 is 4.79 Å². The minimum absolute atomic E-state index is 0.192. The Bertz CT molecular complexity index is 662. The predicted molar refractivity (Wildman–Crippen MR) is 88.9 cm³/mol. The van der Waals surface area contributed by atoms with E-state index in [1.807, 2.05) is 35.7 Å². The highest BCUT2D eigenvalue weighted by atomic mass is 16.2. The molecule has 1 fully saturated rings. The Labute approximate surface area is 137 Å². The molecule has 1 aliphatic rings. The van der Waals surface area contributed by atoms with E-state index in [0.717, 1.165) is 37.4 Å². The fourth-order valence-corrected chi connectivity index (χ4v) is 3.23. The van der Waals surface area contributed by atoms with Gasteiger partial charge < -0.3 is 9.47 Å². The first kappa shape index (κ1) is 15.7. The summed E-state index contributed by atoms with van der Waals surface area (Å²) >= 11 is 0. The molecule has 5 nitrogen and oxygen atoms in total. The molecule has 2 aromatic heterocycles. The lowest BCUT2D eigenvalue weighted by Crippen LogP contribution is -2.42. The minimum atomic E-state index is 0.192. The molecule has 5 heteroatoms. The van der Waals surface area contributed by atoms with Crippen LogP contribution in [0, 0.1) is 19.8 Å². The molecular weight excluding hydrogens is 288 g/mol. The number of aromatic nitrogens is 3. The fraction of sp³-hybridized carbons (Fsp3) is 0.500. The molecule has 1 atom stereocenters. The van der Waals surface area contributed by atoms with Crippen molar-refractivity contribution in [1.29, 1.82) is 0 Å². The minimum Gasteiger partial charge on any atom is -0.341 e. The normalized spacial score (nSPS) is 18.2. The van der Waals surface area contributed by atoms with Crippen LogP contribution in [0.15, 0.2) is 30.7 Å². The van der Waals surface area contributed by atoms with Crippen LogP contribution >= 0.6 is 0 Å². The number of rotatable bonds is 4. The molecule has 3 heterocycles. The molecule has 0 radical (unpaired) electrons. The highest BCUT2D eigenvalue weighted by Gasteiger charge is 2.24. The summed E-state index contributed by atoms with van der Waals surface area (Å²) in [6.45, 7) is 6.04. The van der Waals surface area contributed by atoms with Crippen LogP contribution < -0.4 is 0 Å². The summed E-state index contributed by atoms with van der Waals surface area (Å²) in [6, 6.07) is 4.21. The molecule has 0 spiro atoms. The predicted octanol–water partition coefficient (Wildman–Crippen LogP) is 2.38. The number of imidazole rings is 1. The van der Waals surface area contributed by atoms with Gasteiger partial charge in [0.15, 0.2) is 0 Å². The summed E-state index contributed by atoms with van der Waals surface area (Å²) in [5.74, 6) is 1.61. The van der Waals surface area contributed by atoms with Crippen molar-refractivity contribution in [2.24, 2.45) is 5.92 Å². The molecule has 1 saturated heterocycles. The first-order valence-electron chi connectivity index (χ1n) is 8.29. The van der Waals surface area contributed by atoms with Crippen LogP contribution in [0.25, 0.3) is 0 Å². The Morgan fingerprint density at radius 3 is 2.87 bits per heavy atom. The first-order chi connectivity index (χ1) is 11.1. The van der Waals surface area contributed by atoms with E-state index < -0.39 is 0 Å². The number of hydrogen-bond acceptors (Lipinski definition) is 3. The molecule has 23 heavy (non-hydrogen) atoms. The van der Waals surface area contributed by atoms with Gasteiger partial charge in [0, 0.05) is 37.4 Å². The summed E-state index contributed by atoms with van der Waals surface area (Å²) in [5, 5.41) is 0. The Morgan fingerprint density at radius 1 is 1.30 bits per heavy atom. The van der Waals surface area contributed by atoms with Crippen molar-refractivity contribution in [3.63, 3.8) is 0 Å². The number of carbonyl (C=O) groups is 1. The number of aryl methyl sites for hydroxylation is 2. The first-order valence-corrected chi connectivity index (χ1v) is 8.29. The van der Waals surface area contributed by atoms with Gasteiger partial charge in [-0.1, -0.05) is 6.07 Å². The summed E-state index contributed by atoms with van der Waals surface area (Å²) in [4.78, 5) is 23.1. The SMILES string of the molecule is Cc1ccc(CC2CCCN(C(=O)Cn3ccnc3C)C2)cn1. The van der Waals surface area contributed by atoms with Gasteiger partial charge in [-0.2, -0.15) is 0 Å². The molecule has 1 amide bonds. The maximum Gasteiger partial charge on any atom is 0.242 e. The van der Waals surface area contributed by atoms with Crippen molar-refractivity contribution in [2.45, 2.75) is 39.7 Å². The number of piperidine rings is 1. The van der Waals surface area contributed by atoms with Crippen LogP contribution in [0.1, 0.15) is 29.9 Å². The Hall–Kier alpha value is -2.17. The van der Waals surface area contributed by atoms with E-state index in [4.69, 9.17) is 0 Å². The van der Waals surface area contributed by atoms with E-state index in [-0.39, 0.29) is 5.91 Å². The van der Waals surface area contributed by atoms with Crippen LogP contribution in [0.2, 0.25) is 0 Å². The number of hydrogen-bond donors (Lipinski definition) is 0. The second-order valence-corrected chi connectivity index (χ2v) is 6.46. The number of amides is 1. The van der Waals surface area contributed by atoms with E-state index in [0.29, 0.717) is 12.5 Å². The third-order valence-corrected chi connectivity index (χ3v) is 4.60. The average Bonchev–Trinajstić information content (AvgIpc) is 2.95. The monoisotopic (exact) mass is 312 g/mol. The molecule has 0 aromatic carbocycles. The van der Waals surface area contributed by atoms with E-state index in [1.54, 1.807) is 6.20 Å². The molecule has 1 aliphatic heterocycles. The van der Waals surface area contributed by atoms with Crippen molar-refractivity contribution >= 4 is 5.91 Å². The topological polar surface area (TPSA) is 51.0 Å². The maximum atomic E-state index is 12.5. The maximum absolute atomic E-state index is 12.5. The van der Waals surface area contributed by atoms with Crippen LogP contribution in [-0.2, 0) is 17.8 Å². The quantitative estimate of drug-likeness (QED) is 0.871. The lowest BCUT2D eigenvalue weighted by Gasteiger charge is -2.33. The average molecular weight is 312 g/mol. The summed E-state index contributed by atoms with van der Waals surface area (Å²) in [7, 11) is 0. The van der Waals surface area contributed by atoms with Crippen LogP contribution in [0.4, 0.5) is 0 Å². The van der Waals surface area contributed by atoms with E-state index >= 15 is 0 Å². The van der Waals surface area contributed by atoms with Gasteiger partial charge in [0.1, 0.15) is 12.4 Å². The van der Waals surface area contributed by atoms with Gasteiger partial charge >= 0.3 is 0 Å².